The van der Waals surface area contributed by atoms with E-state index in [-0.39, 0.29) is 11.5 Å². The summed E-state index contributed by atoms with van der Waals surface area (Å²) < 4.78 is 31.2. The summed E-state index contributed by atoms with van der Waals surface area (Å²) in [5.74, 6) is -0.295. The van der Waals surface area contributed by atoms with Crippen LogP contribution in [0, 0.1) is 18.6 Å². The number of aromatic nitrogens is 2. The Labute approximate surface area is 174 Å². The molecule has 1 fully saturated rings. The number of hydrogen-bond acceptors (Lipinski definition) is 4. The zero-order valence-electron chi connectivity index (χ0n) is 17.2. The highest BCUT2D eigenvalue weighted by atomic mass is 19.1. The van der Waals surface area contributed by atoms with Crippen LogP contribution >= 0.6 is 0 Å². The van der Waals surface area contributed by atoms with Crippen LogP contribution in [0.2, 0.25) is 0 Å². The quantitative estimate of drug-likeness (QED) is 0.666. The molecule has 0 bridgehead atoms. The SMILES string of the molecule is CCN1CCC(c2cc(F)c3c(c2)NNC(c2cc(F)c4nc(C)cn4c2)=C3)CC1. The topological polar surface area (TPSA) is 44.6 Å². The standard InChI is InChI=1S/C23H25F2N5/c1-3-29-6-4-15(5-7-29)16-8-19(24)18-11-21(27-28-22(18)10-16)17-9-20(25)23-26-14(2)12-30(23)13-17/h8-13,15,27-28H,3-7H2,1-2H3. The number of benzene rings is 1. The van der Waals surface area contributed by atoms with Gasteiger partial charge in [-0.3, -0.25) is 0 Å². The van der Waals surface area contributed by atoms with Gasteiger partial charge in [-0.15, -0.1) is 0 Å². The Balaban J connectivity index is 1.46. The number of pyridine rings is 1. The molecule has 2 aliphatic heterocycles. The summed E-state index contributed by atoms with van der Waals surface area (Å²) in [6.45, 7) is 7.17. The fourth-order valence-corrected chi connectivity index (χ4v) is 4.50. The van der Waals surface area contributed by atoms with Gasteiger partial charge in [-0.1, -0.05) is 6.92 Å². The highest BCUT2D eigenvalue weighted by molar-refractivity contribution is 5.88. The molecule has 3 aromatic rings. The molecule has 5 nitrogen and oxygen atoms in total. The van der Waals surface area contributed by atoms with E-state index in [1.54, 1.807) is 28.9 Å². The molecule has 2 aromatic heterocycles. The van der Waals surface area contributed by atoms with Crippen molar-refractivity contribution in [1.29, 1.82) is 0 Å². The monoisotopic (exact) mass is 409 g/mol. The maximum Gasteiger partial charge on any atom is 0.173 e. The van der Waals surface area contributed by atoms with Gasteiger partial charge >= 0.3 is 0 Å². The zero-order chi connectivity index (χ0) is 20.8. The smallest absolute Gasteiger partial charge is 0.173 e. The van der Waals surface area contributed by atoms with Crippen LogP contribution in [-0.2, 0) is 0 Å². The summed E-state index contributed by atoms with van der Waals surface area (Å²) in [6.07, 6.45) is 7.38. The highest BCUT2D eigenvalue weighted by Crippen LogP contribution is 2.35. The van der Waals surface area contributed by atoms with E-state index in [9.17, 15) is 4.39 Å². The van der Waals surface area contributed by atoms with Crippen molar-refractivity contribution in [3.63, 3.8) is 0 Å². The first-order valence-electron chi connectivity index (χ1n) is 10.5. The number of likely N-dealkylation sites (tertiary alicyclic amines) is 1. The third-order valence-corrected chi connectivity index (χ3v) is 6.22. The van der Waals surface area contributed by atoms with Gasteiger partial charge in [0.05, 0.1) is 17.1 Å². The molecular weight excluding hydrogens is 384 g/mol. The molecule has 5 rings (SSSR count). The van der Waals surface area contributed by atoms with Crippen molar-refractivity contribution >= 4 is 23.1 Å². The Hall–Kier alpha value is -2.93. The van der Waals surface area contributed by atoms with Crippen LogP contribution in [0.5, 0.6) is 0 Å². The first-order valence-corrected chi connectivity index (χ1v) is 10.5. The number of hydrogen-bond donors (Lipinski definition) is 2. The molecular formula is C23H25F2N5. The largest absolute Gasteiger partial charge is 0.304 e. The van der Waals surface area contributed by atoms with Gasteiger partial charge in [-0.25, -0.2) is 13.8 Å². The normalized spacial score (nSPS) is 17.4. The summed E-state index contributed by atoms with van der Waals surface area (Å²) >= 11 is 0. The van der Waals surface area contributed by atoms with Crippen LogP contribution < -0.4 is 10.9 Å². The number of aryl methyl sites for hydroxylation is 1. The van der Waals surface area contributed by atoms with Crippen LogP contribution in [0.3, 0.4) is 0 Å². The van der Waals surface area contributed by atoms with Gasteiger partial charge in [0.15, 0.2) is 11.5 Å². The molecule has 0 atom stereocenters. The number of hydrazine groups is 1. The molecule has 30 heavy (non-hydrogen) atoms. The van der Waals surface area contributed by atoms with Crippen molar-refractivity contribution < 1.29 is 8.78 Å². The van der Waals surface area contributed by atoms with Crippen molar-refractivity contribution in [2.45, 2.75) is 32.6 Å². The van der Waals surface area contributed by atoms with Gasteiger partial charge in [0, 0.05) is 23.5 Å². The molecule has 0 aliphatic carbocycles. The summed E-state index contributed by atoms with van der Waals surface area (Å²) in [5.41, 5.74) is 10.7. The van der Waals surface area contributed by atoms with Crippen molar-refractivity contribution in [2.75, 3.05) is 25.1 Å². The van der Waals surface area contributed by atoms with Crippen molar-refractivity contribution in [2.24, 2.45) is 0 Å². The van der Waals surface area contributed by atoms with E-state index in [4.69, 9.17) is 0 Å². The van der Waals surface area contributed by atoms with Crippen LogP contribution in [0.1, 0.15) is 48.1 Å². The van der Waals surface area contributed by atoms with E-state index >= 15 is 4.39 Å². The van der Waals surface area contributed by atoms with E-state index in [1.807, 2.05) is 13.0 Å². The molecule has 0 saturated carbocycles. The molecule has 4 heterocycles. The van der Waals surface area contributed by atoms with Gasteiger partial charge in [-0.2, -0.15) is 0 Å². The molecule has 0 unspecified atom stereocenters. The first-order chi connectivity index (χ1) is 14.5. The molecule has 1 aromatic carbocycles. The molecule has 2 N–H and O–H groups in total. The summed E-state index contributed by atoms with van der Waals surface area (Å²) in [4.78, 5) is 6.61. The third-order valence-electron chi connectivity index (χ3n) is 6.22. The zero-order valence-corrected chi connectivity index (χ0v) is 17.2. The van der Waals surface area contributed by atoms with E-state index in [1.165, 1.54) is 6.07 Å². The average molecular weight is 409 g/mol. The third kappa shape index (κ3) is 3.33. The molecule has 156 valence electrons. The van der Waals surface area contributed by atoms with Gasteiger partial charge in [-0.05, 0) is 75.2 Å². The highest BCUT2D eigenvalue weighted by Gasteiger charge is 2.23. The van der Waals surface area contributed by atoms with Crippen molar-refractivity contribution in [3.05, 3.63) is 64.6 Å². The summed E-state index contributed by atoms with van der Waals surface area (Å²) in [5, 5.41) is 0. The lowest BCUT2D eigenvalue weighted by atomic mass is 9.88. The lowest BCUT2D eigenvalue weighted by molar-refractivity contribution is 0.222. The second-order valence-corrected chi connectivity index (χ2v) is 8.17. The number of halogens is 2. The number of anilines is 1. The number of fused-ring (bicyclic) bond motifs is 2. The number of rotatable bonds is 3. The second kappa shape index (κ2) is 7.40. The van der Waals surface area contributed by atoms with E-state index < -0.39 is 5.82 Å². The number of nitrogens with one attached hydrogen (secondary N) is 2. The molecule has 2 aliphatic rings. The van der Waals surface area contributed by atoms with Crippen molar-refractivity contribution in [1.82, 2.24) is 19.7 Å². The second-order valence-electron chi connectivity index (χ2n) is 8.17. The molecule has 0 amide bonds. The summed E-state index contributed by atoms with van der Waals surface area (Å²) in [6, 6.07) is 5.12. The fraction of sp³-hybridized carbons (Fsp3) is 0.348. The Morgan fingerprint density at radius 1 is 1.07 bits per heavy atom. The van der Waals surface area contributed by atoms with Crippen LogP contribution in [0.25, 0.3) is 17.4 Å². The van der Waals surface area contributed by atoms with Gasteiger partial charge < -0.3 is 20.2 Å². The minimum atomic E-state index is -0.414. The Bertz CT molecular complexity index is 1140. The van der Waals surface area contributed by atoms with Crippen molar-refractivity contribution in [3.8, 4) is 0 Å². The lowest BCUT2D eigenvalue weighted by Gasteiger charge is -2.32. The minimum Gasteiger partial charge on any atom is -0.304 e. The molecule has 7 heteroatoms. The maximum atomic E-state index is 15.0. The maximum absolute atomic E-state index is 15.0. The average Bonchev–Trinajstić information content (AvgIpc) is 3.14. The number of nitrogens with zero attached hydrogens (tertiary/aromatic N) is 3. The Kier molecular flexibility index (Phi) is 4.70. The Morgan fingerprint density at radius 3 is 2.63 bits per heavy atom. The van der Waals surface area contributed by atoms with Gasteiger partial charge in [0.2, 0.25) is 0 Å². The number of piperidine rings is 1. The van der Waals surface area contributed by atoms with Gasteiger partial charge in [0.1, 0.15) is 5.82 Å². The summed E-state index contributed by atoms with van der Waals surface area (Å²) in [7, 11) is 0. The first kappa shape index (κ1) is 19.1. The van der Waals surface area contributed by atoms with Crippen LogP contribution in [0.4, 0.5) is 14.5 Å². The predicted molar refractivity (Wildman–Crippen MR) is 115 cm³/mol. The van der Waals surface area contributed by atoms with E-state index in [0.717, 1.165) is 43.7 Å². The minimum absolute atomic E-state index is 0.257. The van der Waals surface area contributed by atoms with Crippen LogP contribution in [0.15, 0.2) is 30.6 Å². The van der Waals surface area contributed by atoms with Gasteiger partial charge in [0.25, 0.3) is 0 Å². The predicted octanol–water partition coefficient (Wildman–Crippen LogP) is 4.55. The molecule has 0 spiro atoms. The lowest BCUT2D eigenvalue weighted by Crippen LogP contribution is -2.32. The van der Waals surface area contributed by atoms with Crippen LogP contribution in [-0.4, -0.2) is 33.9 Å². The molecule has 0 radical (unpaired) electrons. The Morgan fingerprint density at radius 2 is 1.87 bits per heavy atom. The molecule has 1 saturated heterocycles. The van der Waals surface area contributed by atoms with E-state index in [0.29, 0.717) is 28.4 Å². The fourth-order valence-electron chi connectivity index (χ4n) is 4.50. The number of imidazole rings is 1. The van der Waals surface area contributed by atoms with E-state index in [2.05, 4.69) is 27.7 Å².